The average molecular weight is 311 g/mol. The lowest BCUT2D eigenvalue weighted by Crippen LogP contribution is -2.19. The third kappa shape index (κ3) is 2.33. The first-order chi connectivity index (χ1) is 9.43. The molecule has 1 unspecified atom stereocenters. The highest BCUT2D eigenvalue weighted by Gasteiger charge is 2.46. The van der Waals surface area contributed by atoms with Crippen LogP contribution in [0.5, 0.6) is 0 Å². The molecule has 108 valence electrons. The molecule has 1 aromatic heterocycles. The first-order valence-corrected chi connectivity index (χ1v) is 8.04. The van der Waals surface area contributed by atoms with Gasteiger partial charge in [-0.05, 0) is 49.3 Å². The third-order valence-electron chi connectivity index (χ3n) is 4.69. The Hall–Kier alpha value is -0.730. The van der Waals surface area contributed by atoms with Crippen LogP contribution in [-0.4, -0.2) is 9.55 Å². The van der Waals surface area contributed by atoms with Crippen molar-refractivity contribution in [2.45, 2.75) is 45.5 Å². The summed E-state index contributed by atoms with van der Waals surface area (Å²) in [7, 11) is 0. The molecule has 0 amide bonds. The van der Waals surface area contributed by atoms with E-state index in [1.807, 2.05) is 19.1 Å². The molecule has 0 bridgehead atoms. The van der Waals surface area contributed by atoms with E-state index >= 15 is 0 Å². The Labute approximate surface area is 130 Å². The SMILES string of the molecule is CC(Cl)c1nc2cc(Cl)ccc2n1CC1(C(C)C)CC1. The third-order valence-corrected chi connectivity index (χ3v) is 5.12. The fraction of sp³-hybridized carbons (Fsp3) is 0.562. The zero-order valence-electron chi connectivity index (χ0n) is 12.2. The summed E-state index contributed by atoms with van der Waals surface area (Å²) in [5, 5.41) is 0.630. The zero-order chi connectivity index (χ0) is 14.5. The Kier molecular flexibility index (Phi) is 3.50. The molecule has 1 fully saturated rings. The lowest BCUT2D eigenvalue weighted by Gasteiger charge is -2.22. The molecule has 1 saturated carbocycles. The van der Waals surface area contributed by atoms with Gasteiger partial charge in [-0.15, -0.1) is 11.6 Å². The number of aromatic nitrogens is 2. The van der Waals surface area contributed by atoms with Gasteiger partial charge in [-0.2, -0.15) is 0 Å². The van der Waals surface area contributed by atoms with E-state index in [1.165, 1.54) is 12.8 Å². The highest BCUT2D eigenvalue weighted by atomic mass is 35.5. The maximum atomic E-state index is 6.33. The van der Waals surface area contributed by atoms with E-state index in [9.17, 15) is 0 Å². The molecule has 0 N–H and O–H groups in total. The topological polar surface area (TPSA) is 17.8 Å². The molecular weight excluding hydrogens is 291 g/mol. The molecule has 0 saturated heterocycles. The quantitative estimate of drug-likeness (QED) is 0.689. The highest BCUT2D eigenvalue weighted by molar-refractivity contribution is 6.31. The second-order valence-corrected chi connectivity index (χ2v) is 7.41. The van der Waals surface area contributed by atoms with Gasteiger partial charge in [0.25, 0.3) is 0 Å². The summed E-state index contributed by atoms with van der Waals surface area (Å²) in [5.41, 5.74) is 2.51. The summed E-state index contributed by atoms with van der Waals surface area (Å²) in [4.78, 5) is 4.69. The summed E-state index contributed by atoms with van der Waals surface area (Å²) in [6.07, 6.45) is 2.60. The summed E-state index contributed by atoms with van der Waals surface area (Å²) < 4.78 is 2.30. The van der Waals surface area contributed by atoms with Gasteiger partial charge in [0.15, 0.2) is 0 Å². The molecule has 1 aromatic carbocycles. The van der Waals surface area contributed by atoms with Crippen LogP contribution in [0.2, 0.25) is 5.02 Å². The van der Waals surface area contributed by atoms with Crippen LogP contribution < -0.4 is 0 Å². The minimum Gasteiger partial charge on any atom is -0.326 e. The number of nitrogens with zero attached hydrogens (tertiary/aromatic N) is 2. The first-order valence-electron chi connectivity index (χ1n) is 7.23. The molecule has 2 aromatic rings. The van der Waals surface area contributed by atoms with E-state index in [0.717, 1.165) is 28.4 Å². The van der Waals surface area contributed by atoms with Crippen molar-refractivity contribution in [2.75, 3.05) is 0 Å². The van der Waals surface area contributed by atoms with Gasteiger partial charge in [0.05, 0.1) is 16.4 Å². The average Bonchev–Trinajstić information content (AvgIpc) is 3.07. The van der Waals surface area contributed by atoms with E-state index in [2.05, 4.69) is 24.5 Å². The number of benzene rings is 1. The largest absolute Gasteiger partial charge is 0.326 e. The smallest absolute Gasteiger partial charge is 0.127 e. The van der Waals surface area contributed by atoms with Gasteiger partial charge >= 0.3 is 0 Å². The standard InChI is InChI=1S/C16H20Cl2N2/c1-10(2)16(6-7-16)9-20-14-5-4-12(18)8-13(14)19-15(20)11(3)17/h4-5,8,10-11H,6-7,9H2,1-3H3. The molecule has 4 heteroatoms. The van der Waals surface area contributed by atoms with Crippen molar-refractivity contribution >= 4 is 34.2 Å². The number of hydrogen-bond acceptors (Lipinski definition) is 1. The predicted octanol–water partition coefficient (Wildman–Crippen LogP) is 5.43. The zero-order valence-corrected chi connectivity index (χ0v) is 13.7. The fourth-order valence-electron chi connectivity index (χ4n) is 2.98. The molecule has 1 atom stereocenters. The summed E-state index contributed by atoms with van der Waals surface area (Å²) in [5.74, 6) is 1.64. The maximum Gasteiger partial charge on any atom is 0.127 e. The van der Waals surface area contributed by atoms with Crippen LogP contribution in [0.25, 0.3) is 11.0 Å². The minimum atomic E-state index is -0.0934. The van der Waals surface area contributed by atoms with E-state index in [4.69, 9.17) is 28.2 Å². The van der Waals surface area contributed by atoms with E-state index in [1.54, 1.807) is 0 Å². The lowest BCUT2D eigenvalue weighted by molar-refractivity contribution is 0.308. The van der Waals surface area contributed by atoms with Gasteiger partial charge in [0.2, 0.25) is 0 Å². The van der Waals surface area contributed by atoms with Crippen LogP contribution >= 0.6 is 23.2 Å². The fourth-order valence-corrected chi connectivity index (χ4v) is 3.32. The molecule has 1 aliphatic carbocycles. The summed E-state index contributed by atoms with van der Waals surface area (Å²) >= 11 is 12.4. The first kappa shape index (κ1) is 14.2. The molecule has 0 aliphatic heterocycles. The monoisotopic (exact) mass is 310 g/mol. The molecule has 1 aliphatic rings. The second-order valence-electron chi connectivity index (χ2n) is 6.32. The van der Waals surface area contributed by atoms with Crippen molar-refractivity contribution in [3.8, 4) is 0 Å². The van der Waals surface area contributed by atoms with Crippen LogP contribution in [0, 0.1) is 11.3 Å². The van der Waals surface area contributed by atoms with Crippen molar-refractivity contribution in [1.82, 2.24) is 9.55 Å². The van der Waals surface area contributed by atoms with Gasteiger partial charge in [0.1, 0.15) is 5.82 Å². The predicted molar refractivity (Wildman–Crippen MR) is 85.5 cm³/mol. The highest BCUT2D eigenvalue weighted by Crippen LogP contribution is 2.53. The number of rotatable bonds is 4. The van der Waals surface area contributed by atoms with Crippen LogP contribution in [0.3, 0.4) is 0 Å². The van der Waals surface area contributed by atoms with Crippen molar-refractivity contribution in [2.24, 2.45) is 11.3 Å². The van der Waals surface area contributed by atoms with Crippen molar-refractivity contribution in [3.05, 3.63) is 29.0 Å². The van der Waals surface area contributed by atoms with Gasteiger partial charge in [-0.1, -0.05) is 25.4 Å². The normalized spacial score (nSPS) is 18.7. The Bertz CT molecular complexity index is 639. The number of alkyl halides is 1. The number of hydrogen-bond donors (Lipinski definition) is 0. The van der Waals surface area contributed by atoms with Gasteiger partial charge in [-0.3, -0.25) is 0 Å². The van der Waals surface area contributed by atoms with Gasteiger partial charge in [-0.25, -0.2) is 4.98 Å². The van der Waals surface area contributed by atoms with E-state index in [-0.39, 0.29) is 5.38 Å². The van der Waals surface area contributed by atoms with Crippen LogP contribution in [-0.2, 0) is 6.54 Å². The molecule has 3 rings (SSSR count). The molecule has 0 radical (unpaired) electrons. The Morgan fingerprint density at radius 2 is 2.00 bits per heavy atom. The number of imidazole rings is 1. The van der Waals surface area contributed by atoms with Crippen LogP contribution in [0.4, 0.5) is 0 Å². The molecule has 20 heavy (non-hydrogen) atoms. The second kappa shape index (κ2) is 4.92. The van der Waals surface area contributed by atoms with Gasteiger partial charge in [0, 0.05) is 11.6 Å². The Balaban J connectivity index is 2.10. The Morgan fingerprint density at radius 1 is 1.30 bits per heavy atom. The van der Waals surface area contributed by atoms with E-state index < -0.39 is 0 Å². The van der Waals surface area contributed by atoms with Crippen molar-refractivity contribution < 1.29 is 0 Å². The summed E-state index contributed by atoms with van der Waals surface area (Å²) in [6.45, 7) is 7.62. The van der Waals surface area contributed by atoms with E-state index in [0.29, 0.717) is 11.3 Å². The number of halogens is 2. The summed E-state index contributed by atoms with van der Waals surface area (Å²) in [6, 6.07) is 5.91. The van der Waals surface area contributed by atoms with Crippen LogP contribution in [0.1, 0.15) is 44.8 Å². The molecular formula is C16H20Cl2N2. The van der Waals surface area contributed by atoms with Crippen molar-refractivity contribution in [3.63, 3.8) is 0 Å². The Morgan fingerprint density at radius 3 is 2.55 bits per heavy atom. The molecule has 2 nitrogen and oxygen atoms in total. The minimum absolute atomic E-state index is 0.0934. The maximum absolute atomic E-state index is 6.33. The lowest BCUT2D eigenvalue weighted by atomic mass is 9.92. The number of fused-ring (bicyclic) bond motifs is 1. The van der Waals surface area contributed by atoms with Gasteiger partial charge < -0.3 is 4.57 Å². The molecule has 1 heterocycles. The molecule has 0 spiro atoms. The van der Waals surface area contributed by atoms with Crippen LogP contribution in [0.15, 0.2) is 18.2 Å². The van der Waals surface area contributed by atoms with Crippen molar-refractivity contribution in [1.29, 1.82) is 0 Å².